The molecule has 2 saturated carbocycles. The molecule has 1 saturated heterocycles. The fraction of sp³-hybridized carbons (Fsp3) is 0.885. The Morgan fingerprint density at radius 1 is 1.09 bits per heavy atom. The number of hydrogen-bond acceptors (Lipinski definition) is 7. The second-order valence-corrected chi connectivity index (χ2v) is 11.3. The standard InChI is InChI=1S/C25H44N2O6.CHN/c1-19-13-20-14-21(32-12-11-31-10-9-28)17-25(15-19,16-20)27(23(30)33-24(2,3)4)18-22(29)26-7-5-6-8-26;1-2/h19-21,28H,5-18H2,1-4H3;1H/t19?,20?,21?,25-;/m1./s1. The molecule has 1 heterocycles. The van der Waals surface area contributed by atoms with Crippen molar-refractivity contribution in [2.24, 2.45) is 11.8 Å². The quantitative estimate of drug-likeness (QED) is 0.488. The molecule has 3 rings (SSSR count). The topological polar surface area (TPSA) is 112 Å². The van der Waals surface area contributed by atoms with Crippen LogP contribution in [0.5, 0.6) is 0 Å². The fourth-order valence-corrected chi connectivity index (χ4v) is 6.07. The van der Waals surface area contributed by atoms with E-state index in [9.17, 15) is 9.59 Å². The van der Waals surface area contributed by atoms with Gasteiger partial charge in [-0.15, -0.1) is 0 Å². The van der Waals surface area contributed by atoms with Crippen LogP contribution >= 0.6 is 0 Å². The third-order valence-corrected chi connectivity index (χ3v) is 7.09. The van der Waals surface area contributed by atoms with E-state index in [0.717, 1.165) is 51.6 Å². The first kappa shape index (κ1) is 29.3. The molecule has 3 fully saturated rings. The first-order valence-corrected chi connectivity index (χ1v) is 13.0. The normalized spacial score (nSPS) is 28.1. The SMILES string of the molecule is C#N.CC1CC2CC(OCCOCCO)C[C@@](N(CC(=O)N3CCCC3)C(=O)OC(C)(C)C)(C1)C2. The number of rotatable bonds is 9. The minimum Gasteiger partial charge on any atom is -0.444 e. The molecule has 1 N–H and O–H groups in total. The van der Waals surface area contributed by atoms with Crippen LogP contribution in [0.3, 0.4) is 0 Å². The van der Waals surface area contributed by atoms with Gasteiger partial charge in [0.15, 0.2) is 0 Å². The zero-order valence-electron chi connectivity index (χ0n) is 22.0. The number of nitriles is 1. The summed E-state index contributed by atoms with van der Waals surface area (Å²) in [6.45, 7) is 14.2. The van der Waals surface area contributed by atoms with Crippen molar-refractivity contribution in [1.82, 2.24) is 9.80 Å². The van der Waals surface area contributed by atoms with E-state index in [0.29, 0.717) is 38.1 Å². The van der Waals surface area contributed by atoms with E-state index in [2.05, 4.69) is 13.5 Å². The second kappa shape index (κ2) is 13.4. The number of aliphatic hydroxyl groups excluding tert-OH is 1. The molecule has 35 heavy (non-hydrogen) atoms. The molecule has 9 nitrogen and oxygen atoms in total. The lowest BCUT2D eigenvalue weighted by atomic mass is 9.62. The van der Waals surface area contributed by atoms with Gasteiger partial charge >= 0.3 is 6.09 Å². The first-order chi connectivity index (χ1) is 16.6. The highest BCUT2D eigenvalue weighted by Crippen LogP contribution is 2.49. The number of aliphatic hydroxyl groups is 1. The molecule has 3 aliphatic rings. The van der Waals surface area contributed by atoms with E-state index in [1.807, 2.05) is 25.7 Å². The van der Waals surface area contributed by atoms with E-state index in [4.69, 9.17) is 24.6 Å². The summed E-state index contributed by atoms with van der Waals surface area (Å²) in [4.78, 5) is 30.3. The molecular weight excluding hydrogens is 450 g/mol. The highest BCUT2D eigenvalue weighted by Gasteiger charge is 2.52. The van der Waals surface area contributed by atoms with Gasteiger partial charge in [0.2, 0.25) is 5.91 Å². The van der Waals surface area contributed by atoms with Gasteiger partial charge in [0, 0.05) is 25.2 Å². The van der Waals surface area contributed by atoms with Crippen LogP contribution in [-0.4, -0.2) is 90.2 Å². The molecule has 0 spiro atoms. The number of carbonyl (C=O) groups is 2. The lowest BCUT2D eigenvalue weighted by Crippen LogP contribution is -2.62. The van der Waals surface area contributed by atoms with Gasteiger partial charge in [0.05, 0.1) is 32.5 Å². The predicted molar refractivity (Wildman–Crippen MR) is 132 cm³/mol. The molecule has 2 bridgehead atoms. The third kappa shape index (κ3) is 8.62. The summed E-state index contributed by atoms with van der Waals surface area (Å²) in [5, 5.41) is 15.4. The van der Waals surface area contributed by atoms with Crippen LogP contribution in [0.25, 0.3) is 0 Å². The van der Waals surface area contributed by atoms with E-state index in [1.165, 1.54) is 0 Å². The molecule has 0 radical (unpaired) electrons. The number of likely N-dealkylation sites (tertiary alicyclic amines) is 1. The minimum absolute atomic E-state index is 0.00238. The van der Waals surface area contributed by atoms with Gasteiger partial charge in [0.1, 0.15) is 12.1 Å². The van der Waals surface area contributed by atoms with Crippen molar-refractivity contribution in [3.05, 3.63) is 0 Å². The largest absolute Gasteiger partial charge is 0.444 e. The Hall–Kier alpha value is -1.89. The maximum atomic E-state index is 13.5. The monoisotopic (exact) mass is 495 g/mol. The van der Waals surface area contributed by atoms with E-state index >= 15 is 0 Å². The lowest BCUT2D eigenvalue weighted by molar-refractivity contribution is -0.138. The Morgan fingerprint density at radius 2 is 1.77 bits per heavy atom. The molecule has 200 valence electrons. The highest BCUT2D eigenvalue weighted by molar-refractivity contribution is 5.83. The summed E-state index contributed by atoms with van der Waals surface area (Å²) in [7, 11) is 0. The zero-order valence-corrected chi connectivity index (χ0v) is 22.0. The minimum atomic E-state index is -0.628. The molecule has 9 heteroatoms. The molecule has 3 unspecified atom stereocenters. The molecule has 0 aromatic carbocycles. The van der Waals surface area contributed by atoms with Crippen molar-refractivity contribution in [2.45, 2.75) is 89.9 Å². The molecule has 2 amide bonds. The van der Waals surface area contributed by atoms with Crippen molar-refractivity contribution in [3.8, 4) is 6.57 Å². The van der Waals surface area contributed by atoms with Crippen LogP contribution in [0.4, 0.5) is 4.79 Å². The molecule has 4 atom stereocenters. The van der Waals surface area contributed by atoms with Crippen molar-refractivity contribution in [3.63, 3.8) is 0 Å². The van der Waals surface area contributed by atoms with Gasteiger partial charge in [0.25, 0.3) is 0 Å². The van der Waals surface area contributed by atoms with Crippen LogP contribution in [0.1, 0.15) is 72.6 Å². The first-order valence-electron chi connectivity index (χ1n) is 13.0. The van der Waals surface area contributed by atoms with Gasteiger partial charge in [-0.3, -0.25) is 9.69 Å². The van der Waals surface area contributed by atoms with Gasteiger partial charge in [-0.2, -0.15) is 0 Å². The zero-order chi connectivity index (χ0) is 26.1. The van der Waals surface area contributed by atoms with Gasteiger partial charge in [-0.05, 0) is 77.6 Å². The maximum Gasteiger partial charge on any atom is 0.411 e. The number of carbonyl (C=O) groups excluding carboxylic acids is 2. The van der Waals surface area contributed by atoms with E-state index < -0.39 is 17.2 Å². The number of amides is 2. The second-order valence-electron chi connectivity index (χ2n) is 11.3. The Morgan fingerprint density at radius 3 is 2.40 bits per heavy atom. The fourth-order valence-electron chi connectivity index (χ4n) is 6.07. The highest BCUT2D eigenvalue weighted by atomic mass is 16.6. The van der Waals surface area contributed by atoms with Crippen LogP contribution in [0, 0.1) is 23.7 Å². The molecule has 0 aromatic rings. The van der Waals surface area contributed by atoms with Gasteiger partial charge in [-0.25, -0.2) is 10.1 Å². The van der Waals surface area contributed by atoms with Gasteiger partial charge < -0.3 is 24.2 Å². The van der Waals surface area contributed by atoms with Crippen molar-refractivity contribution in [1.29, 1.82) is 5.26 Å². The smallest absolute Gasteiger partial charge is 0.411 e. The van der Waals surface area contributed by atoms with Gasteiger partial charge in [-0.1, -0.05) is 6.92 Å². The molecule has 1 aliphatic heterocycles. The maximum absolute atomic E-state index is 13.5. The number of nitrogens with zero attached hydrogens (tertiary/aromatic N) is 3. The molecule has 2 aliphatic carbocycles. The van der Waals surface area contributed by atoms with E-state index in [-0.39, 0.29) is 25.2 Å². The summed E-state index contributed by atoms with van der Waals surface area (Å²) < 4.78 is 17.4. The summed E-state index contributed by atoms with van der Waals surface area (Å²) in [5.41, 5.74) is -1.06. The average Bonchev–Trinajstić information content (AvgIpc) is 3.31. The number of fused-ring (bicyclic) bond motifs is 2. The predicted octanol–water partition coefficient (Wildman–Crippen LogP) is 3.35. The molecule has 0 aromatic heterocycles. The molecular formula is C26H45N3O6. The lowest BCUT2D eigenvalue weighted by Gasteiger charge is -2.55. The number of hydrogen-bond donors (Lipinski definition) is 1. The Bertz CT molecular complexity index is 699. The Balaban J connectivity index is 0.00000210. The summed E-state index contributed by atoms with van der Waals surface area (Å²) in [6, 6.07) is 0. The van der Waals surface area contributed by atoms with Crippen molar-refractivity contribution in [2.75, 3.05) is 46.1 Å². The summed E-state index contributed by atoms with van der Waals surface area (Å²) in [5.74, 6) is 0.949. The summed E-state index contributed by atoms with van der Waals surface area (Å²) >= 11 is 0. The Kier molecular flexibility index (Phi) is 11.3. The number of ether oxygens (including phenoxy) is 3. The van der Waals surface area contributed by atoms with Crippen molar-refractivity contribution >= 4 is 12.0 Å². The average molecular weight is 496 g/mol. The van der Waals surface area contributed by atoms with Crippen LogP contribution in [-0.2, 0) is 19.0 Å². The van der Waals surface area contributed by atoms with E-state index in [1.54, 1.807) is 4.90 Å². The van der Waals surface area contributed by atoms with Crippen LogP contribution in [0.2, 0.25) is 0 Å². The third-order valence-electron chi connectivity index (χ3n) is 7.09. The van der Waals surface area contributed by atoms with Crippen molar-refractivity contribution < 1.29 is 28.9 Å². The van der Waals surface area contributed by atoms with Crippen LogP contribution < -0.4 is 0 Å². The summed E-state index contributed by atoms with van der Waals surface area (Å²) in [6.07, 6.45) is 6.21. The van der Waals surface area contributed by atoms with Crippen LogP contribution in [0.15, 0.2) is 0 Å². The Labute approximate surface area is 210 Å².